The fraction of sp³-hybridized carbons (Fsp3) is 0.286. The molecule has 0 atom stereocenters. The highest BCUT2D eigenvalue weighted by Gasteiger charge is 2.13. The normalized spacial score (nSPS) is 10.5. The van der Waals surface area contributed by atoms with E-state index < -0.39 is 0 Å². The summed E-state index contributed by atoms with van der Waals surface area (Å²) in [6.45, 7) is 2.36. The van der Waals surface area contributed by atoms with Gasteiger partial charge in [0.05, 0.1) is 16.4 Å². The van der Waals surface area contributed by atoms with Crippen molar-refractivity contribution in [2.75, 3.05) is 0 Å². The lowest BCUT2D eigenvalue weighted by Crippen LogP contribution is -2.03. The zero-order chi connectivity index (χ0) is 13.8. The molecule has 0 aliphatic heterocycles. The van der Waals surface area contributed by atoms with Crippen molar-refractivity contribution >= 4 is 17.9 Å². The summed E-state index contributed by atoms with van der Waals surface area (Å²) in [7, 11) is 1.85. The van der Waals surface area contributed by atoms with Gasteiger partial charge >= 0.3 is 0 Å². The monoisotopic (exact) mass is 278 g/mol. The van der Waals surface area contributed by atoms with Crippen molar-refractivity contribution in [3.63, 3.8) is 0 Å². The van der Waals surface area contributed by atoms with Gasteiger partial charge in [-0.15, -0.1) is 0 Å². The zero-order valence-corrected chi connectivity index (χ0v) is 11.6. The highest BCUT2D eigenvalue weighted by Crippen LogP contribution is 2.22. The number of carbonyl (C=O) groups excluding carboxylic acids is 1. The molecule has 0 spiro atoms. The number of hydrogen-bond acceptors (Lipinski definition) is 3. The Morgan fingerprint density at radius 1 is 1.37 bits per heavy atom. The predicted molar refractivity (Wildman–Crippen MR) is 73.8 cm³/mol. The second kappa shape index (κ2) is 5.89. The number of ether oxygens (including phenoxy) is 1. The third kappa shape index (κ3) is 2.96. The molecule has 0 aliphatic carbocycles. The van der Waals surface area contributed by atoms with Gasteiger partial charge in [0.15, 0.2) is 0 Å². The molecule has 1 aromatic carbocycles. The molecule has 0 bridgehead atoms. The number of rotatable bonds is 5. The number of halogens is 1. The Labute approximate surface area is 116 Å². The van der Waals surface area contributed by atoms with Crippen molar-refractivity contribution in [3.8, 4) is 5.75 Å². The van der Waals surface area contributed by atoms with E-state index in [0.717, 1.165) is 24.1 Å². The Balaban J connectivity index is 2.09. The van der Waals surface area contributed by atoms with E-state index in [0.29, 0.717) is 22.9 Å². The van der Waals surface area contributed by atoms with Crippen molar-refractivity contribution in [2.45, 2.75) is 20.0 Å². The fourth-order valence-corrected chi connectivity index (χ4v) is 2.12. The fourth-order valence-electron chi connectivity index (χ4n) is 1.77. The SMILES string of the molecule is CCc1nn(C)c(COc2ccc(C=O)cc2)c1Cl. The smallest absolute Gasteiger partial charge is 0.150 e. The summed E-state index contributed by atoms with van der Waals surface area (Å²) in [6.07, 6.45) is 1.59. The van der Waals surface area contributed by atoms with Crippen LogP contribution in [0.2, 0.25) is 5.02 Å². The highest BCUT2D eigenvalue weighted by atomic mass is 35.5. The van der Waals surface area contributed by atoms with E-state index in [4.69, 9.17) is 16.3 Å². The van der Waals surface area contributed by atoms with Crippen LogP contribution in [-0.2, 0) is 20.1 Å². The van der Waals surface area contributed by atoms with Gasteiger partial charge < -0.3 is 4.74 Å². The average Bonchev–Trinajstić information content (AvgIpc) is 2.72. The van der Waals surface area contributed by atoms with Gasteiger partial charge in [0.25, 0.3) is 0 Å². The summed E-state index contributed by atoms with van der Waals surface area (Å²) in [5.41, 5.74) is 2.34. The van der Waals surface area contributed by atoms with E-state index >= 15 is 0 Å². The second-order valence-corrected chi connectivity index (χ2v) is 4.54. The van der Waals surface area contributed by atoms with Crippen LogP contribution < -0.4 is 4.74 Å². The lowest BCUT2D eigenvalue weighted by atomic mass is 10.2. The molecule has 0 aliphatic rings. The van der Waals surface area contributed by atoms with Gasteiger partial charge in [0, 0.05) is 12.6 Å². The van der Waals surface area contributed by atoms with Crippen LogP contribution in [0, 0.1) is 0 Å². The summed E-state index contributed by atoms with van der Waals surface area (Å²) in [5.74, 6) is 0.695. The van der Waals surface area contributed by atoms with Gasteiger partial charge in [-0.05, 0) is 30.7 Å². The molecule has 100 valence electrons. The summed E-state index contributed by atoms with van der Waals surface area (Å²) in [4.78, 5) is 10.6. The van der Waals surface area contributed by atoms with Crippen molar-refractivity contribution in [2.24, 2.45) is 7.05 Å². The average molecular weight is 279 g/mol. The van der Waals surface area contributed by atoms with Crippen molar-refractivity contribution in [1.29, 1.82) is 0 Å². The molecule has 1 heterocycles. The molecule has 0 fully saturated rings. The molecule has 0 saturated heterocycles. The van der Waals surface area contributed by atoms with Gasteiger partial charge in [0.1, 0.15) is 18.6 Å². The Morgan fingerprint density at radius 2 is 2.05 bits per heavy atom. The summed E-state index contributed by atoms with van der Waals surface area (Å²) < 4.78 is 7.39. The van der Waals surface area contributed by atoms with Crippen molar-refractivity contribution in [1.82, 2.24) is 9.78 Å². The number of aryl methyl sites for hydroxylation is 2. The number of hydrogen-bond donors (Lipinski definition) is 0. The first-order chi connectivity index (χ1) is 9.15. The number of carbonyl (C=O) groups is 1. The molecule has 0 unspecified atom stereocenters. The van der Waals surface area contributed by atoms with E-state index in [2.05, 4.69) is 5.10 Å². The maximum absolute atomic E-state index is 10.6. The summed E-state index contributed by atoms with van der Waals surface area (Å²) >= 11 is 6.23. The van der Waals surface area contributed by atoms with Crippen LogP contribution in [-0.4, -0.2) is 16.1 Å². The molecule has 0 amide bonds. The summed E-state index contributed by atoms with van der Waals surface area (Å²) in [6, 6.07) is 6.94. The van der Waals surface area contributed by atoms with Crippen LogP contribution in [0.4, 0.5) is 0 Å². The molecular formula is C14H15ClN2O2. The summed E-state index contributed by atoms with van der Waals surface area (Å²) in [5, 5.41) is 4.99. The first kappa shape index (κ1) is 13.6. The number of aldehydes is 1. The third-order valence-electron chi connectivity index (χ3n) is 2.89. The lowest BCUT2D eigenvalue weighted by molar-refractivity contribution is 0.112. The van der Waals surface area contributed by atoms with Crippen LogP contribution in [0.25, 0.3) is 0 Å². The zero-order valence-electron chi connectivity index (χ0n) is 10.9. The third-order valence-corrected chi connectivity index (χ3v) is 3.33. The molecular weight excluding hydrogens is 264 g/mol. The molecule has 2 aromatic rings. The standard InChI is InChI=1S/C14H15ClN2O2/c1-3-12-14(15)13(17(2)16-12)9-19-11-6-4-10(8-18)5-7-11/h4-8H,3,9H2,1-2H3. The molecule has 0 saturated carbocycles. The molecule has 1 aromatic heterocycles. The molecule has 5 heteroatoms. The van der Waals surface area contributed by atoms with Crippen molar-refractivity contribution in [3.05, 3.63) is 46.2 Å². The minimum Gasteiger partial charge on any atom is -0.487 e. The maximum Gasteiger partial charge on any atom is 0.150 e. The quantitative estimate of drug-likeness (QED) is 0.790. The number of benzene rings is 1. The van der Waals surface area contributed by atoms with Crippen LogP contribution in [0.1, 0.15) is 28.7 Å². The molecule has 19 heavy (non-hydrogen) atoms. The predicted octanol–water partition coefficient (Wildman–Crippen LogP) is 3.03. The van der Waals surface area contributed by atoms with Gasteiger partial charge in [-0.3, -0.25) is 9.48 Å². The van der Waals surface area contributed by atoms with E-state index in [1.54, 1.807) is 28.9 Å². The van der Waals surface area contributed by atoms with Crippen LogP contribution in [0.3, 0.4) is 0 Å². The lowest BCUT2D eigenvalue weighted by Gasteiger charge is -2.07. The Hall–Kier alpha value is -1.81. The van der Waals surface area contributed by atoms with E-state index in [1.807, 2.05) is 14.0 Å². The molecule has 0 N–H and O–H groups in total. The second-order valence-electron chi connectivity index (χ2n) is 4.16. The van der Waals surface area contributed by atoms with E-state index in [-0.39, 0.29) is 0 Å². The Bertz CT molecular complexity index is 576. The Morgan fingerprint density at radius 3 is 2.58 bits per heavy atom. The van der Waals surface area contributed by atoms with Gasteiger partial charge in [0.2, 0.25) is 0 Å². The first-order valence-corrected chi connectivity index (χ1v) is 6.41. The molecule has 2 rings (SSSR count). The minimum absolute atomic E-state index is 0.350. The van der Waals surface area contributed by atoms with E-state index in [1.165, 1.54) is 0 Å². The van der Waals surface area contributed by atoms with Gasteiger partial charge in [-0.25, -0.2) is 0 Å². The Kier molecular flexibility index (Phi) is 4.22. The topological polar surface area (TPSA) is 44.1 Å². The first-order valence-electron chi connectivity index (χ1n) is 6.04. The van der Waals surface area contributed by atoms with Crippen LogP contribution >= 0.6 is 11.6 Å². The molecule has 0 radical (unpaired) electrons. The number of aromatic nitrogens is 2. The minimum atomic E-state index is 0.350. The number of nitrogens with zero attached hydrogens (tertiary/aromatic N) is 2. The van der Waals surface area contributed by atoms with Gasteiger partial charge in [-0.1, -0.05) is 18.5 Å². The van der Waals surface area contributed by atoms with Crippen LogP contribution in [0.15, 0.2) is 24.3 Å². The van der Waals surface area contributed by atoms with E-state index in [9.17, 15) is 4.79 Å². The maximum atomic E-state index is 10.6. The molecule has 4 nitrogen and oxygen atoms in total. The van der Waals surface area contributed by atoms with Crippen LogP contribution in [0.5, 0.6) is 5.75 Å². The van der Waals surface area contributed by atoms with Crippen molar-refractivity contribution < 1.29 is 9.53 Å². The van der Waals surface area contributed by atoms with Gasteiger partial charge in [-0.2, -0.15) is 5.10 Å². The highest BCUT2D eigenvalue weighted by molar-refractivity contribution is 6.31. The largest absolute Gasteiger partial charge is 0.487 e.